The zero-order chi connectivity index (χ0) is 20.9. The molecule has 6 heteroatoms. The first kappa shape index (κ1) is 21.1. The fourth-order valence-electron chi connectivity index (χ4n) is 2.81. The normalized spacial score (nSPS) is 12.6. The molecule has 0 aliphatic carbocycles. The molecule has 0 aliphatic rings. The van der Waals surface area contributed by atoms with E-state index in [1.807, 2.05) is 37.3 Å². The molecular formula is C23H27N3O2S. The maximum Gasteiger partial charge on any atom is 0.277 e. The largest absolute Gasteiger partial charge is 0.411 e. The van der Waals surface area contributed by atoms with Crippen LogP contribution in [0.3, 0.4) is 0 Å². The minimum absolute atomic E-state index is 0.0415. The average molecular weight is 410 g/mol. The molecule has 1 unspecified atom stereocenters. The Morgan fingerprint density at radius 2 is 1.76 bits per heavy atom. The molecule has 3 aromatic rings. The van der Waals surface area contributed by atoms with Gasteiger partial charge in [-0.05, 0) is 42.0 Å². The van der Waals surface area contributed by atoms with E-state index < -0.39 is 0 Å². The fraction of sp³-hybridized carbons (Fsp3) is 0.348. The van der Waals surface area contributed by atoms with Gasteiger partial charge in [0.25, 0.3) is 5.22 Å². The molecule has 1 N–H and O–H groups in total. The quantitative estimate of drug-likeness (QED) is 0.564. The van der Waals surface area contributed by atoms with Crippen molar-refractivity contribution in [3.63, 3.8) is 0 Å². The zero-order valence-corrected chi connectivity index (χ0v) is 18.1. The Kier molecular flexibility index (Phi) is 6.75. The third kappa shape index (κ3) is 5.94. The summed E-state index contributed by atoms with van der Waals surface area (Å²) in [6.07, 6.45) is 0.805. The molecule has 0 aliphatic heterocycles. The molecular weight excluding hydrogens is 382 g/mol. The van der Waals surface area contributed by atoms with Gasteiger partial charge in [-0.25, -0.2) is 0 Å². The van der Waals surface area contributed by atoms with E-state index in [0.29, 0.717) is 17.7 Å². The van der Waals surface area contributed by atoms with E-state index in [0.717, 1.165) is 12.0 Å². The van der Waals surface area contributed by atoms with Gasteiger partial charge in [0.1, 0.15) is 0 Å². The van der Waals surface area contributed by atoms with Crippen molar-refractivity contribution in [2.24, 2.45) is 0 Å². The first-order valence-electron chi connectivity index (χ1n) is 9.75. The number of hydrogen-bond acceptors (Lipinski definition) is 5. The van der Waals surface area contributed by atoms with Crippen LogP contribution in [-0.2, 0) is 16.6 Å². The summed E-state index contributed by atoms with van der Waals surface area (Å²) in [6.45, 7) is 8.97. The van der Waals surface area contributed by atoms with Gasteiger partial charge < -0.3 is 9.73 Å². The molecule has 1 aromatic heterocycles. The van der Waals surface area contributed by atoms with Crippen molar-refractivity contribution < 1.29 is 9.21 Å². The lowest BCUT2D eigenvalue weighted by atomic mass is 9.87. The Morgan fingerprint density at radius 1 is 1.07 bits per heavy atom. The summed E-state index contributed by atoms with van der Waals surface area (Å²) in [6, 6.07) is 18.2. The summed E-state index contributed by atoms with van der Waals surface area (Å²) >= 11 is 1.27. The number of thioether (sulfide) groups is 1. The number of aromatic nitrogens is 2. The van der Waals surface area contributed by atoms with E-state index in [9.17, 15) is 4.79 Å². The van der Waals surface area contributed by atoms with Crippen molar-refractivity contribution in [1.29, 1.82) is 0 Å². The van der Waals surface area contributed by atoms with Crippen LogP contribution in [0.2, 0.25) is 0 Å². The van der Waals surface area contributed by atoms with Crippen molar-refractivity contribution >= 4 is 17.7 Å². The molecule has 0 radical (unpaired) electrons. The summed E-state index contributed by atoms with van der Waals surface area (Å²) < 4.78 is 5.75. The highest BCUT2D eigenvalue weighted by molar-refractivity contribution is 8.00. The topological polar surface area (TPSA) is 68.0 Å². The number of hydrogen-bond donors (Lipinski definition) is 1. The number of nitrogens with zero attached hydrogens (tertiary/aromatic N) is 2. The van der Waals surface area contributed by atoms with Crippen LogP contribution in [0.5, 0.6) is 0 Å². The van der Waals surface area contributed by atoms with Crippen molar-refractivity contribution in [3.05, 3.63) is 65.7 Å². The van der Waals surface area contributed by atoms with Gasteiger partial charge in [0.2, 0.25) is 11.8 Å². The highest BCUT2D eigenvalue weighted by Gasteiger charge is 2.19. The summed E-state index contributed by atoms with van der Waals surface area (Å²) in [5.41, 5.74) is 3.41. The highest BCUT2D eigenvalue weighted by Crippen LogP contribution is 2.28. The molecule has 1 atom stereocenters. The molecule has 1 amide bonds. The molecule has 0 saturated heterocycles. The number of rotatable bonds is 7. The molecule has 152 valence electrons. The minimum Gasteiger partial charge on any atom is -0.411 e. The average Bonchev–Trinajstić information content (AvgIpc) is 3.16. The second kappa shape index (κ2) is 9.27. The second-order valence-electron chi connectivity index (χ2n) is 7.99. The van der Waals surface area contributed by atoms with Gasteiger partial charge in [-0.2, -0.15) is 0 Å². The lowest BCUT2D eigenvalue weighted by Gasteiger charge is -2.18. The van der Waals surface area contributed by atoms with Gasteiger partial charge in [-0.3, -0.25) is 4.79 Å². The molecule has 0 saturated carbocycles. The lowest BCUT2D eigenvalue weighted by Crippen LogP contribution is -2.32. The van der Waals surface area contributed by atoms with Crippen LogP contribution in [0, 0.1) is 0 Å². The molecule has 0 bridgehead atoms. The van der Waals surface area contributed by atoms with Crippen LogP contribution in [-0.4, -0.2) is 27.9 Å². The summed E-state index contributed by atoms with van der Waals surface area (Å²) in [5, 5.41) is 11.2. The molecule has 0 spiro atoms. The number of carbonyl (C=O) groups is 1. The number of amides is 1. The van der Waals surface area contributed by atoms with Gasteiger partial charge >= 0.3 is 0 Å². The number of benzene rings is 2. The van der Waals surface area contributed by atoms with E-state index in [-0.39, 0.29) is 16.6 Å². The summed E-state index contributed by atoms with van der Waals surface area (Å²) in [5.74, 6) is 0.421. The van der Waals surface area contributed by atoms with Gasteiger partial charge in [0.05, 0.1) is 5.25 Å². The van der Waals surface area contributed by atoms with E-state index in [4.69, 9.17) is 4.42 Å². The van der Waals surface area contributed by atoms with Crippen LogP contribution < -0.4 is 5.32 Å². The third-order valence-electron chi connectivity index (χ3n) is 4.61. The van der Waals surface area contributed by atoms with Gasteiger partial charge in [-0.15, -0.1) is 10.2 Å². The van der Waals surface area contributed by atoms with E-state index >= 15 is 0 Å². The van der Waals surface area contributed by atoms with Crippen molar-refractivity contribution in [2.45, 2.75) is 50.0 Å². The number of nitrogens with one attached hydrogen (secondary N) is 1. The summed E-state index contributed by atoms with van der Waals surface area (Å²) in [4.78, 5) is 12.3. The van der Waals surface area contributed by atoms with Gasteiger partial charge in [0.15, 0.2) is 0 Å². The van der Waals surface area contributed by atoms with Crippen molar-refractivity contribution in [1.82, 2.24) is 15.5 Å². The molecule has 3 rings (SSSR count). The Hall–Kier alpha value is -2.60. The minimum atomic E-state index is -0.317. The van der Waals surface area contributed by atoms with Crippen LogP contribution in [0.15, 0.2) is 64.2 Å². The number of carbonyl (C=O) groups excluding carboxylic acids is 1. The first-order valence-corrected chi connectivity index (χ1v) is 10.6. The van der Waals surface area contributed by atoms with E-state index in [1.165, 1.54) is 22.9 Å². The van der Waals surface area contributed by atoms with Crippen LogP contribution >= 0.6 is 11.8 Å². The zero-order valence-electron chi connectivity index (χ0n) is 17.3. The predicted octanol–water partition coefficient (Wildman–Crippen LogP) is 4.87. The maximum atomic E-state index is 12.3. The van der Waals surface area contributed by atoms with Crippen LogP contribution in [0.1, 0.15) is 38.8 Å². The van der Waals surface area contributed by atoms with E-state index in [1.54, 1.807) is 0 Å². The predicted molar refractivity (Wildman–Crippen MR) is 117 cm³/mol. The van der Waals surface area contributed by atoms with E-state index in [2.05, 4.69) is 60.6 Å². The van der Waals surface area contributed by atoms with Gasteiger partial charge in [0, 0.05) is 12.1 Å². The second-order valence-corrected chi connectivity index (χ2v) is 9.28. The van der Waals surface area contributed by atoms with Crippen molar-refractivity contribution in [3.8, 4) is 11.5 Å². The van der Waals surface area contributed by atoms with Crippen LogP contribution in [0.25, 0.3) is 11.5 Å². The Labute approximate surface area is 176 Å². The molecule has 5 nitrogen and oxygen atoms in total. The van der Waals surface area contributed by atoms with Crippen molar-refractivity contribution in [2.75, 3.05) is 6.54 Å². The first-order chi connectivity index (χ1) is 13.8. The van der Waals surface area contributed by atoms with Gasteiger partial charge in [-0.1, -0.05) is 75.0 Å². The monoisotopic (exact) mass is 409 g/mol. The Balaban J connectivity index is 1.53. The molecule has 2 aromatic carbocycles. The third-order valence-corrected chi connectivity index (χ3v) is 5.54. The molecule has 0 fully saturated rings. The fourth-order valence-corrected chi connectivity index (χ4v) is 3.52. The van der Waals surface area contributed by atoms with Crippen LogP contribution in [0.4, 0.5) is 0 Å². The smallest absolute Gasteiger partial charge is 0.277 e. The summed E-state index contributed by atoms with van der Waals surface area (Å²) in [7, 11) is 0. The maximum absolute atomic E-state index is 12.3. The highest BCUT2D eigenvalue weighted by atomic mass is 32.2. The SMILES string of the molecule is CC(Sc1nnc(-c2ccc(C(C)(C)C)cc2)o1)C(=O)NCCc1ccccc1. The Bertz CT molecular complexity index is 931. The standard InChI is InChI=1S/C23H27N3O2S/c1-16(20(27)24-15-14-17-8-6-5-7-9-17)29-22-26-25-21(28-22)18-10-12-19(13-11-18)23(2,3)4/h5-13,16H,14-15H2,1-4H3,(H,24,27). The lowest BCUT2D eigenvalue weighted by molar-refractivity contribution is -0.120. The molecule has 29 heavy (non-hydrogen) atoms. The Morgan fingerprint density at radius 3 is 2.41 bits per heavy atom. The molecule has 1 heterocycles.